The second-order valence-electron chi connectivity index (χ2n) is 6.21. The molecular formula is C20H15BrF4N2O. The lowest BCUT2D eigenvalue weighted by Gasteiger charge is -2.16. The van der Waals surface area contributed by atoms with Crippen LogP contribution < -0.4 is 5.32 Å². The van der Waals surface area contributed by atoms with E-state index in [-0.39, 0.29) is 16.9 Å². The molecule has 0 spiro atoms. The van der Waals surface area contributed by atoms with Crippen LogP contribution in [0.15, 0.2) is 53.0 Å². The van der Waals surface area contributed by atoms with Crippen molar-refractivity contribution in [3.05, 3.63) is 81.3 Å². The van der Waals surface area contributed by atoms with Crippen molar-refractivity contribution in [1.82, 2.24) is 4.57 Å². The van der Waals surface area contributed by atoms with Crippen LogP contribution in [0.5, 0.6) is 0 Å². The Morgan fingerprint density at radius 2 is 1.75 bits per heavy atom. The first-order chi connectivity index (χ1) is 13.1. The fourth-order valence-corrected chi connectivity index (χ4v) is 3.39. The van der Waals surface area contributed by atoms with E-state index in [4.69, 9.17) is 0 Å². The summed E-state index contributed by atoms with van der Waals surface area (Å²) in [5, 5.41) is 2.46. The minimum atomic E-state index is -4.54. The number of carbonyl (C=O) groups excluding carboxylic acids is 1. The topological polar surface area (TPSA) is 34.0 Å². The van der Waals surface area contributed by atoms with Crippen LogP contribution in [-0.2, 0) is 6.18 Å². The maximum atomic E-state index is 14.0. The van der Waals surface area contributed by atoms with Gasteiger partial charge >= 0.3 is 6.18 Å². The Labute approximate surface area is 167 Å². The molecule has 0 saturated heterocycles. The molecule has 0 atom stereocenters. The molecule has 3 aromatic rings. The molecule has 0 aliphatic carbocycles. The van der Waals surface area contributed by atoms with Crippen molar-refractivity contribution in [2.45, 2.75) is 20.0 Å². The van der Waals surface area contributed by atoms with E-state index in [1.165, 1.54) is 41.0 Å². The van der Waals surface area contributed by atoms with Gasteiger partial charge in [0.2, 0.25) is 0 Å². The molecule has 1 N–H and O–H groups in total. The highest BCUT2D eigenvalue weighted by Gasteiger charge is 2.34. The molecule has 0 unspecified atom stereocenters. The molecule has 8 heteroatoms. The molecule has 0 saturated carbocycles. The van der Waals surface area contributed by atoms with Gasteiger partial charge in [-0.15, -0.1) is 0 Å². The number of benzene rings is 2. The Bertz CT molecular complexity index is 1060. The highest BCUT2D eigenvalue weighted by Crippen LogP contribution is 2.35. The van der Waals surface area contributed by atoms with Crippen LogP contribution in [-0.4, -0.2) is 10.5 Å². The van der Waals surface area contributed by atoms with Crippen LogP contribution in [0.2, 0.25) is 0 Å². The number of nitrogens with one attached hydrogen (secondary N) is 1. The van der Waals surface area contributed by atoms with E-state index in [0.717, 1.165) is 6.07 Å². The fraction of sp³-hybridized carbons (Fsp3) is 0.150. The van der Waals surface area contributed by atoms with Crippen LogP contribution in [0.1, 0.15) is 27.3 Å². The summed E-state index contributed by atoms with van der Waals surface area (Å²) in [5.41, 5.74) is 0.0481. The molecule has 0 aliphatic heterocycles. The summed E-state index contributed by atoms with van der Waals surface area (Å²) in [6.45, 7) is 3.16. The standard InChI is InChI=1S/C20H15BrF4N2O/c1-11-9-14(19(28)26-17-8-7-13(21)10-16(17)22)12(2)27(11)18-6-4-3-5-15(18)20(23,24)25/h3-10H,1-2H3,(H,26,28). The van der Waals surface area contributed by atoms with Gasteiger partial charge in [0.1, 0.15) is 5.82 Å². The van der Waals surface area contributed by atoms with Crippen molar-refractivity contribution < 1.29 is 22.4 Å². The number of amides is 1. The van der Waals surface area contributed by atoms with Gasteiger partial charge in [0, 0.05) is 15.9 Å². The van der Waals surface area contributed by atoms with Crippen LogP contribution >= 0.6 is 15.9 Å². The number of aromatic nitrogens is 1. The second kappa shape index (κ2) is 7.43. The van der Waals surface area contributed by atoms with E-state index < -0.39 is 23.5 Å². The summed E-state index contributed by atoms with van der Waals surface area (Å²) in [4.78, 5) is 12.6. The molecule has 3 nitrogen and oxygen atoms in total. The van der Waals surface area contributed by atoms with Crippen LogP contribution in [0.25, 0.3) is 5.69 Å². The van der Waals surface area contributed by atoms with E-state index in [2.05, 4.69) is 21.2 Å². The minimum Gasteiger partial charge on any atom is -0.319 e. The highest BCUT2D eigenvalue weighted by molar-refractivity contribution is 9.10. The van der Waals surface area contributed by atoms with Crippen LogP contribution in [0.3, 0.4) is 0 Å². The van der Waals surface area contributed by atoms with E-state index in [1.54, 1.807) is 19.9 Å². The molecule has 1 amide bonds. The maximum Gasteiger partial charge on any atom is 0.418 e. The third kappa shape index (κ3) is 3.82. The molecule has 28 heavy (non-hydrogen) atoms. The molecule has 3 rings (SSSR count). The van der Waals surface area contributed by atoms with Crippen molar-refractivity contribution in [1.29, 1.82) is 0 Å². The van der Waals surface area contributed by atoms with Crippen molar-refractivity contribution in [2.75, 3.05) is 5.32 Å². The number of hydrogen-bond donors (Lipinski definition) is 1. The van der Waals surface area contributed by atoms with Gasteiger partial charge in [0.15, 0.2) is 0 Å². The van der Waals surface area contributed by atoms with Gasteiger partial charge in [-0.25, -0.2) is 4.39 Å². The van der Waals surface area contributed by atoms with Gasteiger partial charge in [-0.3, -0.25) is 4.79 Å². The largest absolute Gasteiger partial charge is 0.418 e. The lowest BCUT2D eigenvalue weighted by molar-refractivity contribution is -0.137. The quantitative estimate of drug-likeness (QED) is 0.465. The Kier molecular flexibility index (Phi) is 5.34. The lowest BCUT2D eigenvalue weighted by Crippen LogP contribution is -2.15. The molecular weight excluding hydrogens is 440 g/mol. The average molecular weight is 455 g/mol. The molecule has 0 radical (unpaired) electrons. The summed E-state index contributed by atoms with van der Waals surface area (Å²) < 4.78 is 56.0. The zero-order valence-electron chi connectivity index (χ0n) is 14.9. The summed E-state index contributed by atoms with van der Waals surface area (Å²) >= 11 is 3.13. The molecule has 0 aliphatic rings. The van der Waals surface area contributed by atoms with Gasteiger partial charge in [0.05, 0.1) is 22.5 Å². The smallest absolute Gasteiger partial charge is 0.319 e. The number of rotatable bonds is 3. The average Bonchev–Trinajstić information content (AvgIpc) is 2.91. The predicted molar refractivity (Wildman–Crippen MR) is 102 cm³/mol. The van der Waals surface area contributed by atoms with Gasteiger partial charge < -0.3 is 9.88 Å². The Morgan fingerprint density at radius 1 is 1.07 bits per heavy atom. The van der Waals surface area contributed by atoms with E-state index in [1.807, 2.05) is 0 Å². The maximum absolute atomic E-state index is 14.0. The lowest BCUT2D eigenvalue weighted by atomic mass is 10.1. The molecule has 0 bridgehead atoms. The number of para-hydroxylation sites is 1. The first-order valence-electron chi connectivity index (χ1n) is 8.21. The van der Waals surface area contributed by atoms with Crippen molar-refractivity contribution in [3.63, 3.8) is 0 Å². The number of nitrogens with zero attached hydrogens (tertiary/aromatic N) is 1. The summed E-state index contributed by atoms with van der Waals surface area (Å²) in [7, 11) is 0. The second-order valence-corrected chi connectivity index (χ2v) is 7.13. The first-order valence-corrected chi connectivity index (χ1v) is 9.01. The van der Waals surface area contributed by atoms with Gasteiger partial charge in [0.25, 0.3) is 5.91 Å². The van der Waals surface area contributed by atoms with Gasteiger partial charge in [-0.2, -0.15) is 13.2 Å². The van der Waals surface area contributed by atoms with Crippen LogP contribution in [0, 0.1) is 19.7 Å². The zero-order valence-corrected chi connectivity index (χ0v) is 16.5. The van der Waals surface area contributed by atoms with Crippen molar-refractivity contribution in [2.24, 2.45) is 0 Å². The molecule has 146 valence electrons. The summed E-state index contributed by atoms with van der Waals surface area (Å²) in [5.74, 6) is -1.23. The van der Waals surface area contributed by atoms with Gasteiger partial charge in [-0.05, 0) is 50.2 Å². The number of aryl methyl sites for hydroxylation is 1. The Balaban J connectivity index is 2.03. The summed E-state index contributed by atoms with van der Waals surface area (Å²) in [6.07, 6.45) is -4.54. The monoisotopic (exact) mass is 454 g/mol. The van der Waals surface area contributed by atoms with Crippen molar-refractivity contribution >= 4 is 27.5 Å². The van der Waals surface area contributed by atoms with E-state index in [9.17, 15) is 22.4 Å². The SMILES string of the molecule is Cc1cc(C(=O)Nc2ccc(Br)cc2F)c(C)n1-c1ccccc1C(F)(F)F. The minimum absolute atomic E-state index is 0.0197. The fourth-order valence-electron chi connectivity index (χ4n) is 3.05. The first kappa shape index (κ1) is 20.1. The van der Waals surface area contributed by atoms with Crippen LogP contribution in [0.4, 0.5) is 23.2 Å². The van der Waals surface area contributed by atoms with E-state index >= 15 is 0 Å². The third-order valence-electron chi connectivity index (χ3n) is 4.31. The van der Waals surface area contributed by atoms with Gasteiger partial charge in [-0.1, -0.05) is 28.1 Å². The summed E-state index contributed by atoms with van der Waals surface area (Å²) in [6, 6.07) is 10.8. The molecule has 1 aromatic heterocycles. The molecule has 2 aromatic carbocycles. The number of anilines is 1. The number of carbonyl (C=O) groups is 1. The number of alkyl halides is 3. The predicted octanol–water partition coefficient (Wildman–Crippen LogP) is 6.27. The Hall–Kier alpha value is -2.61. The van der Waals surface area contributed by atoms with Crippen molar-refractivity contribution in [3.8, 4) is 5.69 Å². The zero-order chi connectivity index (χ0) is 20.6. The number of halogens is 5. The third-order valence-corrected chi connectivity index (χ3v) is 4.80. The highest BCUT2D eigenvalue weighted by atomic mass is 79.9. The Morgan fingerprint density at radius 3 is 2.39 bits per heavy atom. The molecule has 1 heterocycles. The van der Waals surface area contributed by atoms with E-state index in [0.29, 0.717) is 15.9 Å². The molecule has 0 fully saturated rings. The number of hydrogen-bond acceptors (Lipinski definition) is 1. The normalized spacial score (nSPS) is 11.5.